The summed E-state index contributed by atoms with van der Waals surface area (Å²) in [7, 11) is 0. The molecule has 3 aromatic carbocycles. The molecular formula is C28H27N5O2S. The van der Waals surface area contributed by atoms with Crippen molar-refractivity contribution < 1.29 is 4.79 Å². The highest BCUT2D eigenvalue weighted by atomic mass is 32.2. The summed E-state index contributed by atoms with van der Waals surface area (Å²) in [6.07, 6.45) is 0. The van der Waals surface area contributed by atoms with Gasteiger partial charge in [-0.05, 0) is 61.2 Å². The van der Waals surface area contributed by atoms with E-state index >= 15 is 0 Å². The molecule has 1 amide bonds. The zero-order chi connectivity index (χ0) is 25.4. The zero-order valence-electron chi connectivity index (χ0n) is 20.6. The first-order valence-electron chi connectivity index (χ1n) is 11.9. The van der Waals surface area contributed by atoms with E-state index in [1.165, 1.54) is 17.3 Å². The molecule has 0 fully saturated rings. The van der Waals surface area contributed by atoms with Gasteiger partial charge in [-0.25, -0.2) is 4.57 Å². The van der Waals surface area contributed by atoms with E-state index in [0.717, 1.165) is 16.9 Å². The van der Waals surface area contributed by atoms with E-state index in [2.05, 4.69) is 29.4 Å². The number of hydrogen-bond donors (Lipinski definition) is 1. The van der Waals surface area contributed by atoms with Crippen LogP contribution in [0.1, 0.15) is 37.8 Å². The van der Waals surface area contributed by atoms with Crippen molar-refractivity contribution in [3.8, 4) is 5.69 Å². The first-order valence-corrected chi connectivity index (χ1v) is 12.8. The van der Waals surface area contributed by atoms with Gasteiger partial charge in [-0.1, -0.05) is 68.1 Å². The van der Waals surface area contributed by atoms with Crippen molar-refractivity contribution in [2.75, 3.05) is 5.32 Å². The van der Waals surface area contributed by atoms with E-state index in [9.17, 15) is 9.59 Å². The highest BCUT2D eigenvalue weighted by Crippen LogP contribution is 2.27. The van der Waals surface area contributed by atoms with Gasteiger partial charge in [0, 0.05) is 5.69 Å². The molecule has 0 radical (unpaired) electrons. The average Bonchev–Trinajstić information content (AvgIpc) is 3.28. The SMILES string of the molecule is Cc1ccccc1-n1c(=O)c2ccccc2n2c(S[C@H](C)C(=O)Nc3ccc(C(C)C)cc3)nnc12. The molecule has 0 bridgehead atoms. The molecule has 36 heavy (non-hydrogen) atoms. The number of carbonyl (C=O) groups excluding carboxylic acids is 1. The standard InChI is InChI=1S/C28H27N5O2S/c1-17(2)20-13-15-21(16-14-20)29-25(34)19(4)36-28-31-30-27-32(23-11-7-5-9-18(23)3)26(35)22-10-6-8-12-24(22)33(27)28/h5-17,19H,1-4H3,(H,29,34)/t19-/m1/s1. The maximum atomic E-state index is 13.5. The van der Waals surface area contributed by atoms with Gasteiger partial charge in [0.1, 0.15) is 0 Å². The van der Waals surface area contributed by atoms with Gasteiger partial charge in [0.2, 0.25) is 11.7 Å². The number of aryl methyl sites for hydroxylation is 1. The van der Waals surface area contributed by atoms with Crippen molar-refractivity contribution in [3.05, 3.63) is 94.3 Å². The lowest BCUT2D eigenvalue weighted by molar-refractivity contribution is -0.115. The lowest BCUT2D eigenvalue weighted by Gasteiger charge is -2.14. The maximum absolute atomic E-state index is 13.5. The number of thioether (sulfide) groups is 1. The molecule has 2 heterocycles. The lowest BCUT2D eigenvalue weighted by atomic mass is 10.0. The van der Waals surface area contributed by atoms with Crippen LogP contribution in [-0.2, 0) is 4.79 Å². The van der Waals surface area contributed by atoms with Gasteiger partial charge in [0.25, 0.3) is 5.56 Å². The Balaban J connectivity index is 1.53. The van der Waals surface area contributed by atoms with Gasteiger partial charge in [-0.15, -0.1) is 10.2 Å². The van der Waals surface area contributed by atoms with Crippen molar-refractivity contribution in [2.24, 2.45) is 0 Å². The Morgan fingerprint density at radius 2 is 1.61 bits per heavy atom. The van der Waals surface area contributed by atoms with E-state index in [1.807, 2.05) is 85.0 Å². The lowest BCUT2D eigenvalue weighted by Crippen LogP contribution is -2.24. The second kappa shape index (κ2) is 9.62. The van der Waals surface area contributed by atoms with E-state index in [1.54, 1.807) is 10.6 Å². The minimum atomic E-state index is -0.445. The number of amides is 1. The van der Waals surface area contributed by atoms with Crippen molar-refractivity contribution in [3.63, 3.8) is 0 Å². The Hall–Kier alpha value is -3.91. The number of nitrogens with zero attached hydrogens (tertiary/aromatic N) is 4. The van der Waals surface area contributed by atoms with Crippen LogP contribution in [0.3, 0.4) is 0 Å². The predicted molar refractivity (Wildman–Crippen MR) is 145 cm³/mol. The Labute approximate surface area is 213 Å². The molecule has 0 aliphatic carbocycles. The van der Waals surface area contributed by atoms with Gasteiger partial charge in [-0.3, -0.25) is 14.0 Å². The molecule has 5 rings (SSSR count). The maximum Gasteiger partial charge on any atom is 0.267 e. The zero-order valence-corrected chi connectivity index (χ0v) is 21.4. The Kier molecular flexibility index (Phi) is 6.36. The third-order valence-corrected chi connectivity index (χ3v) is 7.29. The first kappa shape index (κ1) is 23.8. The van der Waals surface area contributed by atoms with Crippen LogP contribution in [0, 0.1) is 6.92 Å². The Morgan fingerprint density at radius 1 is 0.917 bits per heavy atom. The van der Waals surface area contributed by atoms with E-state index in [0.29, 0.717) is 27.8 Å². The summed E-state index contributed by atoms with van der Waals surface area (Å²) in [6.45, 7) is 8.07. The van der Waals surface area contributed by atoms with Crippen LogP contribution in [0.15, 0.2) is 82.7 Å². The van der Waals surface area contributed by atoms with Crippen molar-refractivity contribution in [1.29, 1.82) is 0 Å². The molecule has 0 saturated carbocycles. The van der Waals surface area contributed by atoms with Crippen molar-refractivity contribution in [1.82, 2.24) is 19.2 Å². The summed E-state index contributed by atoms with van der Waals surface area (Å²) in [4.78, 5) is 26.5. The first-order chi connectivity index (χ1) is 17.3. The monoisotopic (exact) mass is 497 g/mol. The molecule has 1 N–H and O–H groups in total. The molecule has 2 aromatic heterocycles. The number of carbonyl (C=O) groups is 1. The normalized spacial score (nSPS) is 12.4. The molecule has 0 aliphatic rings. The van der Waals surface area contributed by atoms with Crippen LogP contribution >= 0.6 is 11.8 Å². The number of rotatable bonds is 6. The molecule has 182 valence electrons. The number of aromatic nitrogens is 4. The Bertz CT molecular complexity index is 1640. The van der Waals surface area contributed by atoms with E-state index in [4.69, 9.17) is 0 Å². The number of benzene rings is 3. The highest BCUT2D eigenvalue weighted by molar-refractivity contribution is 8.00. The van der Waals surface area contributed by atoms with Crippen LogP contribution < -0.4 is 10.9 Å². The second-order valence-electron chi connectivity index (χ2n) is 9.09. The summed E-state index contributed by atoms with van der Waals surface area (Å²) in [5.74, 6) is 0.704. The quantitative estimate of drug-likeness (QED) is 0.310. The van der Waals surface area contributed by atoms with Gasteiger partial charge < -0.3 is 5.32 Å². The molecule has 8 heteroatoms. The van der Waals surface area contributed by atoms with Gasteiger partial charge in [0.15, 0.2) is 5.16 Å². The fourth-order valence-corrected chi connectivity index (χ4v) is 5.05. The van der Waals surface area contributed by atoms with Crippen LogP contribution in [0.25, 0.3) is 22.4 Å². The third-order valence-electron chi connectivity index (χ3n) is 6.25. The smallest absolute Gasteiger partial charge is 0.267 e. The molecule has 1 atom stereocenters. The van der Waals surface area contributed by atoms with E-state index in [-0.39, 0.29) is 11.5 Å². The van der Waals surface area contributed by atoms with E-state index < -0.39 is 5.25 Å². The minimum Gasteiger partial charge on any atom is -0.325 e. The summed E-state index contributed by atoms with van der Waals surface area (Å²) < 4.78 is 3.45. The molecule has 7 nitrogen and oxygen atoms in total. The molecule has 0 saturated heterocycles. The number of nitrogens with one attached hydrogen (secondary N) is 1. The summed E-state index contributed by atoms with van der Waals surface area (Å²) in [5.41, 5.74) is 4.21. The molecule has 0 spiro atoms. The Morgan fingerprint density at radius 3 is 2.33 bits per heavy atom. The summed E-state index contributed by atoms with van der Waals surface area (Å²) in [6, 6.07) is 23.0. The number of para-hydroxylation sites is 2. The second-order valence-corrected chi connectivity index (χ2v) is 10.4. The minimum absolute atomic E-state index is 0.134. The third kappa shape index (κ3) is 4.28. The topological polar surface area (TPSA) is 81.3 Å². The van der Waals surface area contributed by atoms with Crippen LogP contribution in [0.4, 0.5) is 5.69 Å². The largest absolute Gasteiger partial charge is 0.325 e. The van der Waals surface area contributed by atoms with Crippen LogP contribution in [0.5, 0.6) is 0 Å². The number of anilines is 1. The summed E-state index contributed by atoms with van der Waals surface area (Å²) >= 11 is 1.31. The van der Waals surface area contributed by atoms with Gasteiger partial charge in [0.05, 0.1) is 21.8 Å². The molecule has 5 aromatic rings. The number of hydrogen-bond acceptors (Lipinski definition) is 5. The highest BCUT2D eigenvalue weighted by Gasteiger charge is 2.22. The fraction of sp³-hybridized carbons (Fsp3) is 0.214. The predicted octanol–water partition coefficient (Wildman–Crippen LogP) is 5.58. The van der Waals surface area contributed by atoms with Gasteiger partial charge in [-0.2, -0.15) is 0 Å². The van der Waals surface area contributed by atoms with Gasteiger partial charge >= 0.3 is 0 Å². The van der Waals surface area contributed by atoms with Crippen LogP contribution in [0.2, 0.25) is 0 Å². The molecule has 0 aliphatic heterocycles. The summed E-state index contributed by atoms with van der Waals surface area (Å²) in [5, 5.41) is 12.4. The van der Waals surface area contributed by atoms with Crippen molar-refractivity contribution in [2.45, 2.75) is 44.0 Å². The average molecular weight is 498 g/mol. The van der Waals surface area contributed by atoms with Crippen molar-refractivity contribution >= 4 is 40.0 Å². The fourth-order valence-electron chi connectivity index (χ4n) is 4.19. The number of fused-ring (bicyclic) bond motifs is 3. The van der Waals surface area contributed by atoms with Crippen LogP contribution in [-0.4, -0.2) is 30.3 Å². The molecular weight excluding hydrogens is 470 g/mol. The molecule has 0 unspecified atom stereocenters.